The van der Waals surface area contributed by atoms with Gasteiger partial charge in [0.2, 0.25) is 15.9 Å². The highest BCUT2D eigenvalue weighted by Crippen LogP contribution is 2.15. The predicted molar refractivity (Wildman–Crippen MR) is 60.7 cm³/mol. The first-order chi connectivity index (χ1) is 8.38. The van der Waals surface area contributed by atoms with Gasteiger partial charge >= 0.3 is 0 Å². The Hall–Kier alpha value is -1.94. The van der Waals surface area contributed by atoms with Gasteiger partial charge in [-0.2, -0.15) is 10.1 Å². The van der Waals surface area contributed by atoms with E-state index in [1.165, 1.54) is 10.9 Å². The van der Waals surface area contributed by atoms with Crippen molar-refractivity contribution in [2.24, 2.45) is 7.05 Å². The second kappa shape index (κ2) is 4.38. The largest absolute Gasteiger partial charge is 0.381 e. The Morgan fingerprint density at radius 2 is 2.28 bits per heavy atom. The molecule has 0 aliphatic heterocycles. The van der Waals surface area contributed by atoms with Gasteiger partial charge in [-0.05, 0) is 0 Å². The lowest BCUT2D eigenvalue weighted by Gasteiger charge is -2.02. The first-order valence-electron chi connectivity index (χ1n) is 4.96. The maximum Gasteiger partial charge on any atom is 0.246 e. The number of sulfonamides is 1. The van der Waals surface area contributed by atoms with Gasteiger partial charge in [0.25, 0.3) is 0 Å². The summed E-state index contributed by atoms with van der Waals surface area (Å²) in [6.45, 7) is 1.54. The van der Waals surface area contributed by atoms with Gasteiger partial charge in [-0.15, -0.1) is 0 Å². The van der Waals surface area contributed by atoms with Crippen LogP contribution < -0.4 is 10.5 Å². The van der Waals surface area contributed by atoms with Crippen LogP contribution in [0.5, 0.6) is 0 Å². The number of nitrogens with one attached hydrogen (secondary N) is 1. The molecule has 0 atom stereocenters. The first-order valence-corrected chi connectivity index (χ1v) is 6.45. The summed E-state index contributed by atoms with van der Waals surface area (Å²) in [6, 6.07) is 0. The van der Waals surface area contributed by atoms with E-state index in [4.69, 9.17) is 10.3 Å². The Labute approximate surface area is 103 Å². The van der Waals surface area contributed by atoms with Crippen LogP contribution >= 0.6 is 0 Å². The zero-order valence-corrected chi connectivity index (χ0v) is 10.6. The topological polar surface area (TPSA) is 129 Å². The molecular formula is C8H12N6O3S. The molecule has 2 aromatic rings. The quantitative estimate of drug-likeness (QED) is 0.743. The normalized spacial score (nSPS) is 11.9. The summed E-state index contributed by atoms with van der Waals surface area (Å²) in [5.74, 6) is 0.554. The highest BCUT2D eigenvalue weighted by Gasteiger charge is 2.21. The van der Waals surface area contributed by atoms with Crippen LogP contribution in [-0.4, -0.2) is 28.3 Å². The number of nitrogens with two attached hydrogens (primary N) is 1. The molecule has 0 saturated carbocycles. The Morgan fingerprint density at radius 3 is 2.78 bits per heavy atom. The summed E-state index contributed by atoms with van der Waals surface area (Å²) >= 11 is 0. The molecule has 0 aliphatic carbocycles. The predicted octanol–water partition coefficient (Wildman–Crippen LogP) is -0.828. The fourth-order valence-electron chi connectivity index (χ4n) is 1.34. The van der Waals surface area contributed by atoms with Crippen LogP contribution in [0.25, 0.3) is 0 Å². The molecule has 0 radical (unpaired) electrons. The summed E-state index contributed by atoms with van der Waals surface area (Å²) in [5, 5.41) is 7.34. The average molecular weight is 272 g/mol. The number of aromatic nitrogens is 4. The van der Waals surface area contributed by atoms with Crippen molar-refractivity contribution in [2.45, 2.75) is 18.4 Å². The number of hydrogen-bond donors (Lipinski definition) is 2. The van der Waals surface area contributed by atoms with Crippen LogP contribution in [0.3, 0.4) is 0 Å². The molecule has 3 N–H and O–H groups in total. The molecule has 0 bridgehead atoms. The van der Waals surface area contributed by atoms with Crippen molar-refractivity contribution in [1.29, 1.82) is 0 Å². The molecular weight excluding hydrogens is 260 g/mol. The third-order valence-corrected chi connectivity index (χ3v) is 3.52. The van der Waals surface area contributed by atoms with Crippen LogP contribution in [0.15, 0.2) is 15.6 Å². The Morgan fingerprint density at radius 1 is 1.56 bits per heavy atom. The van der Waals surface area contributed by atoms with E-state index in [2.05, 4.69) is 20.0 Å². The molecule has 0 aromatic carbocycles. The Bertz CT molecular complexity index is 658. The number of anilines is 1. The van der Waals surface area contributed by atoms with Crippen molar-refractivity contribution < 1.29 is 12.9 Å². The molecule has 10 heteroatoms. The highest BCUT2D eigenvalue weighted by molar-refractivity contribution is 7.89. The third-order valence-electron chi connectivity index (χ3n) is 2.10. The monoisotopic (exact) mass is 272 g/mol. The van der Waals surface area contributed by atoms with Crippen molar-refractivity contribution >= 4 is 15.8 Å². The fourth-order valence-corrected chi connectivity index (χ4v) is 2.42. The Balaban J connectivity index is 2.15. The van der Waals surface area contributed by atoms with Crippen molar-refractivity contribution in [3.8, 4) is 0 Å². The SMILES string of the molecule is Cc1nc(CNS(=O)(=O)c2cn(C)nc2N)no1. The zero-order chi connectivity index (χ0) is 13.3. The lowest BCUT2D eigenvalue weighted by atomic mass is 10.6. The van der Waals surface area contributed by atoms with Gasteiger partial charge in [0, 0.05) is 20.2 Å². The van der Waals surface area contributed by atoms with Crippen LogP contribution in [-0.2, 0) is 23.6 Å². The van der Waals surface area contributed by atoms with Gasteiger partial charge in [0.15, 0.2) is 11.6 Å². The van der Waals surface area contributed by atoms with Crippen molar-refractivity contribution in [3.05, 3.63) is 17.9 Å². The van der Waals surface area contributed by atoms with Gasteiger partial charge in [0.1, 0.15) is 4.90 Å². The van der Waals surface area contributed by atoms with Crippen molar-refractivity contribution in [2.75, 3.05) is 5.73 Å². The highest BCUT2D eigenvalue weighted by atomic mass is 32.2. The summed E-state index contributed by atoms with van der Waals surface area (Å²) in [5.41, 5.74) is 5.50. The molecule has 2 rings (SSSR count). The van der Waals surface area contributed by atoms with Gasteiger partial charge in [-0.1, -0.05) is 5.16 Å². The maximum atomic E-state index is 11.9. The van der Waals surface area contributed by atoms with E-state index in [9.17, 15) is 8.42 Å². The molecule has 0 spiro atoms. The van der Waals surface area contributed by atoms with E-state index in [-0.39, 0.29) is 23.1 Å². The zero-order valence-electron chi connectivity index (χ0n) is 9.78. The van der Waals surface area contributed by atoms with E-state index >= 15 is 0 Å². The smallest absolute Gasteiger partial charge is 0.246 e. The van der Waals surface area contributed by atoms with Crippen molar-refractivity contribution in [3.63, 3.8) is 0 Å². The summed E-state index contributed by atoms with van der Waals surface area (Å²) in [6.07, 6.45) is 1.32. The van der Waals surface area contributed by atoms with Gasteiger partial charge in [0.05, 0.1) is 6.54 Å². The van der Waals surface area contributed by atoms with Gasteiger partial charge in [-0.3, -0.25) is 4.68 Å². The van der Waals surface area contributed by atoms with Gasteiger partial charge < -0.3 is 10.3 Å². The molecule has 2 aromatic heterocycles. The molecule has 0 amide bonds. The average Bonchev–Trinajstić information content (AvgIpc) is 2.82. The van der Waals surface area contributed by atoms with E-state index in [1.54, 1.807) is 14.0 Å². The third kappa shape index (κ3) is 2.49. The number of nitrogen functional groups attached to an aromatic ring is 1. The molecule has 0 aliphatic rings. The number of nitrogens with zero attached hydrogens (tertiary/aromatic N) is 4. The number of aryl methyl sites for hydroxylation is 2. The van der Waals surface area contributed by atoms with E-state index in [0.29, 0.717) is 5.89 Å². The standard InChI is InChI=1S/C8H12N6O3S/c1-5-11-7(13-17-5)3-10-18(15,16)6-4-14(2)12-8(6)9/h4,10H,3H2,1-2H3,(H2,9,12). The molecule has 0 unspecified atom stereocenters. The van der Waals surface area contributed by atoms with Crippen molar-refractivity contribution in [1.82, 2.24) is 24.6 Å². The lowest BCUT2D eigenvalue weighted by molar-refractivity contribution is 0.387. The van der Waals surface area contributed by atoms with E-state index < -0.39 is 10.0 Å². The maximum absolute atomic E-state index is 11.9. The van der Waals surface area contributed by atoms with Gasteiger partial charge in [-0.25, -0.2) is 13.1 Å². The molecule has 18 heavy (non-hydrogen) atoms. The lowest BCUT2D eigenvalue weighted by Crippen LogP contribution is -2.24. The molecule has 2 heterocycles. The molecule has 98 valence electrons. The Kier molecular flexibility index (Phi) is 3.05. The van der Waals surface area contributed by atoms with Crippen LogP contribution in [0.4, 0.5) is 5.82 Å². The molecule has 0 fully saturated rings. The van der Waals surface area contributed by atoms with Crippen LogP contribution in [0.1, 0.15) is 11.7 Å². The summed E-state index contributed by atoms with van der Waals surface area (Å²) < 4.78 is 32.2. The van der Waals surface area contributed by atoms with Crippen LogP contribution in [0.2, 0.25) is 0 Å². The number of rotatable bonds is 4. The summed E-state index contributed by atoms with van der Waals surface area (Å²) in [4.78, 5) is 3.80. The molecule has 0 saturated heterocycles. The first kappa shape index (κ1) is 12.5. The minimum Gasteiger partial charge on any atom is -0.381 e. The van der Waals surface area contributed by atoms with E-state index in [0.717, 1.165) is 0 Å². The fraction of sp³-hybridized carbons (Fsp3) is 0.375. The minimum atomic E-state index is -3.74. The number of hydrogen-bond acceptors (Lipinski definition) is 7. The molecule has 9 nitrogen and oxygen atoms in total. The van der Waals surface area contributed by atoms with Crippen LogP contribution in [0, 0.1) is 6.92 Å². The second-order valence-corrected chi connectivity index (χ2v) is 5.34. The van der Waals surface area contributed by atoms with E-state index in [1.807, 2.05) is 0 Å². The second-order valence-electron chi connectivity index (χ2n) is 3.61. The minimum absolute atomic E-state index is 0.0608. The summed E-state index contributed by atoms with van der Waals surface area (Å²) in [7, 11) is -2.16.